The quantitative estimate of drug-likeness (QED) is 0.769. The van der Waals surface area contributed by atoms with Gasteiger partial charge in [-0.25, -0.2) is 8.78 Å². The highest BCUT2D eigenvalue weighted by Crippen LogP contribution is 2.24. The Bertz CT molecular complexity index is 601. The molecule has 2 aromatic rings. The van der Waals surface area contributed by atoms with Gasteiger partial charge in [0, 0.05) is 10.5 Å². The van der Waals surface area contributed by atoms with E-state index in [1.165, 1.54) is 0 Å². The Morgan fingerprint density at radius 2 is 1.90 bits per heavy atom. The molecule has 1 N–H and O–H groups in total. The van der Waals surface area contributed by atoms with E-state index in [1.807, 2.05) is 24.3 Å². The Hall–Kier alpha value is -1.26. The molecule has 112 valence electrons. The Balaban J connectivity index is 2.26. The van der Waals surface area contributed by atoms with E-state index in [4.69, 9.17) is 0 Å². The van der Waals surface area contributed by atoms with Gasteiger partial charge in [-0.05, 0) is 48.7 Å². The first-order chi connectivity index (χ1) is 10.1. The van der Waals surface area contributed by atoms with Gasteiger partial charge in [0.2, 0.25) is 0 Å². The normalized spacial score (nSPS) is 12.4. The lowest BCUT2D eigenvalue weighted by molar-refractivity contribution is 0.477. The summed E-state index contributed by atoms with van der Waals surface area (Å²) in [7, 11) is 0. The standard InChI is InChI=1S/C17H18BrF2N/c1-2-9-21-16(12-5-3-7-14(18)10-12)11-13-6-4-8-15(19)17(13)20/h3-8,10,16,21H,2,9,11H2,1H3. The average Bonchev–Trinajstić information content (AvgIpc) is 2.47. The van der Waals surface area contributed by atoms with Crippen molar-refractivity contribution in [2.45, 2.75) is 25.8 Å². The second-order valence-corrected chi connectivity index (χ2v) is 5.89. The largest absolute Gasteiger partial charge is 0.310 e. The van der Waals surface area contributed by atoms with E-state index < -0.39 is 11.6 Å². The first-order valence-electron chi connectivity index (χ1n) is 7.03. The number of rotatable bonds is 6. The molecule has 0 saturated heterocycles. The van der Waals surface area contributed by atoms with Crippen molar-refractivity contribution in [2.75, 3.05) is 6.54 Å². The number of halogens is 3. The summed E-state index contributed by atoms with van der Waals surface area (Å²) < 4.78 is 28.2. The van der Waals surface area contributed by atoms with Crippen molar-refractivity contribution in [2.24, 2.45) is 0 Å². The molecule has 1 nitrogen and oxygen atoms in total. The third-order valence-electron chi connectivity index (χ3n) is 3.35. The zero-order valence-electron chi connectivity index (χ0n) is 11.9. The zero-order chi connectivity index (χ0) is 15.2. The molecule has 0 spiro atoms. The van der Waals surface area contributed by atoms with Gasteiger partial charge >= 0.3 is 0 Å². The van der Waals surface area contributed by atoms with Gasteiger partial charge in [0.25, 0.3) is 0 Å². The van der Waals surface area contributed by atoms with Gasteiger partial charge in [-0.1, -0.05) is 47.1 Å². The fourth-order valence-corrected chi connectivity index (χ4v) is 2.69. The fraction of sp³-hybridized carbons (Fsp3) is 0.294. The summed E-state index contributed by atoms with van der Waals surface area (Å²) in [6.07, 6.45) is 1.40. The summed E-state index contributed by atoms with van der Waals surface area (Å²) in [5, 5.41) is 3.40. The van der Waals surface area contributed by atoms with Gasteiger partial charge in [-0.3, -0.25) is 0 Å². The van der Waals surface area contributed by atoms with E-state index in [0.717, 1.165) is 29.1 Å². The van der Waals surface area contributed by atoms with Crippen LogP contribution in [0.15, 0.2) is 46.9 Å². The molecular weight excluding hydrogens is 336 g/mol. The van der Waals surface area contributed by atoms with Crippen LogP contribution in [-0.2, 0) is 6.42 Å². The molecule has 4 heteroatoms. The summed E-state index contributed by atoms with van der Waals surface area (Å²) in [4.78, 5) is 0. The third kappa shape index (κ3) is 4.35. The van der Waals surface area contributed by atoms with Crippen LogP contribution in [0.25, 0.3) is 0 Å². The minimum atomic E-state index is -0.795. The molecule has 0 aromatic heterocycles. The molecule has 2 rings (SSSR count). The molecule has 0 heterocycles. The maximum atomic E-state index is 13.9. The highest BCUT2D eigenvalue weighted by molar-refractivity contribution is 9.10. The lowest BCUT2D eigenvalue weighted by atomic mass is 9.98. The lowest BCUT2D eigenvalue weighted by Gasteiger charge is -2.20. The molecular formula is C17H18BrF2N. The van der Waals surface area contributed by atoms with Gasteiger partial charge in [-0.2, -0.15) is 0 Å². The second kappa shape index (κ2) is 7.66. The van der Waals surface area contributed by atoms with Crippen molar-refractivity contribution in [3.63, 3.8) is 0 Å². The van der Waals surface area contributed by atoms with Gasteiger partial charge < -0.3 is 5.32 Å². The Labute approximate surface area is 132 Å². The fourth-order valence-electron chi connectivity index (χ4n) is 2.28. The van der Waals surface area contributed by atoms with Gasteiger partial charge in [-0.15, -0.1) is 0 Å². The Kier molecular flexibility index (Phi) is 5.88. The first-order valence-corrected chi connectivity index (χ1v) is 7.83. The molecule has 0 aliphatic heterocycles. The molecule has 0 amide bonds. The van der Waals surface area contributed by atoms with Crippen molar-refractivity contribution in [3.8, 4) is 0 Å². The van der Waals surface area contributed by atoms with Crippen LogP contribution < -0.4 is 5.32 Å². The number of hydrogen-bond acceptors (Lipinski definition) is 1. The summed E-state index contributed by atoms with van der Waals surface area (Å²) >= 11 is 3.45. The van der Waals surface area contributed by atoms with Crippen molar-refractivity contribution in [1.82, 2.24) is 5.32 Å². The maximum Gasteiger partial charge on any atom is 0.162 e. The maximum absolute atomic E-state index is 13.9. The molecule has 0 fully saturated rings. The molecule has 1 unspecified atom stereocenters. The Morgan fingerprint density at radius 3 is 2.62 bits per heavy atom. The van der Waals surface area contributed by atoms with Crippen LogP contribution in [0.2, 0.25) is 0 Å². The summed E-state index contributed by atoms with van der Waals surface area (Å²) in [6, 6.07) is 12.2. The second-order valence-electron chi connectivity index (χ2n) is 4.98. The third-order valence-corrected chi connectivity index (χ3v) is 3.84. The van der Waals surface area contributed by atoms with E-state index in [0.29, 0.717) is 12.0 Å². The molecule has 2 aromatic carbocycles. The van der Waals surface area contributed by atoms with Crippen LogP contribution in [0.4, 0.5) is 8.78 Å². The minimum Gasteiger partial charge on any atom is -0.310 e. The molecule has 1 atom stereocenters. The van der Waals surface area contributed by atoms with E-state index >= 15 is 0 Å². The lowest BCUT2D eigenvalue weighted by Crippen LogP contribution is -2.24. The highest BCUT2D eigenvalue weighted by atomic mass is 79.9. The van der Waals surface area contributed by atoms with Crippen LogP contribution >= 0.6 is 15.9 Å². The van der Waals surface area contributed by atoms with Gasteiger partial charge in [0.05, 0.1) is 0 Å². The SMILES string of the molecule is CCCNC(Cc1cccc(F)c1F)c1cccc(Br)c1. The van der Waals surface area contributed by atoms with Crippen molar-refractivity contribution in [3.05, 3.63) is 69.7 Å². The Morgan fingerprint density at radius 1 is 1.14 bits per heavy atom. The van der Waals surface area contributed by atoms with E-state index in [2.05, 4.69) is 28.2 Å². The van der Waals surface area contributed by atoms with E-state index in [1.54, 1.807) is 12.1 Å². The summed E-state index contributed by atoms with van der Waals surface area (Å²) in [5.41, 5.74) is 1.45. The molecule has 0 saturated carbocycles. The molecule has 0 aliphatic carbocycles. The van der Waals surface area contributed by atoms with Gasteiger partial charge in [0.1, 0.15) is 0 Å². The van der Waals surface area contributed by atoms with Crippen LogP contribution in [0.1, 0.15) is 30.5 Å². The van der Waals surface area contributed by atoms with Crippen molar-refractivity contribution >= 4 is 15.9 Å². The van der Waals surface area contributed by atoms with Gasteiger partial charge in [0.15, 0.2) is 11.6 Å². The zero-order valence-corrected chi connectivity index (χ0v) is 13.5. The number of nitrogens with one attached hydrogen (secondary N) is 1. The smallest absolute Gasteiger partial charge is 0.162 e. The molecule has 0 bridgehead atoms. The molecule has 0 radical (unpaired) electrons. The van der Waals surface area contributed by atoms with Crippen LogP contribution in [-0.4, -0.2) is 6.54 Å². The first kappa shape index (κ1) is 16.1. The number of hydrogen-bond donors (Lipinski definition) is 1. The minimum absolute atomic E-state index is 0.0428. The van der Waals surface area contributed by atoms with Crippen molar-refractivity contribution < 1.29 is 8.78 Å². The van der Waals surface area contributed by atoms with E-state index in [9.17, 15) is 8.78 Å². The van der Waals surface area contributed by atoms with Crippen LogP contribution in [0.3, 0.4) is 0 Å². The topological polar surface area (TPSA) is 12.0 Å². The molecule has 21 heavy (non-hydrogen) atoms. The highest BCUT2D eigenvalue weighted by Gasteiger charge is 2.16. The predicted octanol–water partition coefficient (Wildman–Crippen LogP) is 5.01. The monoisotopic (exact) mass is 353 g/mol. The summed E-state index contributed by atoms with van der Waals surface area (Å²) in [6.45, 7) is 2.90. The number of benzene rings is 2. The summed E-state index contributed by atoms with van der Waals surface area (Å²) in [5.74, 6) is -1.55. The average molecular weight is 354 g/mol. The van der Waals surface area contributed by atoms with Crippen LogP contribution in [0, 0.1) is 11.6 Å². The van der Waals surface area contributed by atoms with E-state index in [-0.39, 0.29) is 6.04 Å². The predicted molar refractivity (Wildman–Crippen MR) is 85.2 cm³/mol. The van der Waals surface area contributed by atoms with Crippen molar-refractivity contribution in [1.29, 1.82) is 0 Å². The molecule has 0 aliphatic rings. The van der Waals surface area contributed by atoms with Crippen LogP contribution in [0.5, 0.6) is 0 Å².